The Bertz CT molecular complexity index is 61.7. The fourth-order valence-corrected chi connectivity index (χ4v) is 0.158. The smallest absolute Gasteiger partial charge is 0.152 e. The first kappa shape index (κ1) is 2.44. The molecule has 1 heterocycles. The summed E-state index contributed by atoms with van der Waals surface area (Å²) in [5.74, 6) is 0. The van der Waals surface area contributed by atoms with Crippen LogP contribution >= 0.6 is 0 Å². The van der Waals surface area contributed by atoms with E-state index in [1.165, 1.54) is 0 Å². The van der Waals surface area contributed by atoms with Crippen molar-refractivity contribution in [2.24, 2.45) is 15.6 Å². The van der Waals surface area contributed by atoms with E-state index in [-0.39, 0.29) is 0 Å². The van der Waals surface area contributed by atoms with E-state index in [9.17, 15) is 0 Å². The van der Waals surface area contributed by atoms with Crippen LogP contribution < -0.4 is 5.11 Å². The predicted molar refractivity (Wildman–Crippen MR) is 13.1 cm³/mol. The molecule has 0 fully saturated rings. The van der Waals surface area contributed by atoms with Gasteiger partial charge < -0.3 is 0 Å². The van der Waals surface area contributed by atoms with E-state index >= 15 is 0 Å². The quantitative estimate of drug-likeness (QED) is 0.375. The second-order valence-electron chi connectivity index (χ2n) is 0.647. The summed E-state index contributed by atoms with van der Waals surface area (Å²) < 4.78 is 0. The molecule has 1 aliphatic heterocycles. The van der Waals surface area contributed by atoms with Gasteiger partial charge in [0, 0.05) is 0 Å². The van der Waals surface area contributed by atoms with Crippen LogP contribution in [-0.4, -0.2) is 6.67 Å². The highest BCUT2D eigenvalue weighted by Gasteiger charge is 1.87. The van der Waals surface area contributed by atoms with Crippen LogP contribution in [0.25, 0.3) is 0 Å². The van der Waals surface area contributed by atoms with Crippen molar-refractivity contribution in [3.8, 4) is 0 Å². The van der Waals surface area contributed by atoms with Crippen molar-refractivity contribution in [3.63, 3.8) is 0 Å². The standard InChI is InChI=1S/CH2N4/c1-2-4-5-3-1/h1H2/p+1. The third kappa shape index (κ3) is 0.261. The topological polar surface area (TPSA) is 51.0 Å². The second kappa shape index (κ2) is 0.878. The molecular weight excluding hydrogens is 68.0 g/mol. The van der Waals surface area contributed by atoms with Gasteiger partial charge in [0.1, 0.15) is 0 Å². The van der Waals surface area contributed by atoms with Crippen molar-refractivity contribution in [1.82, 2.24) is 0 Å². The van der Waals surface area contributed by atoms with E-state index in [1.807, 2.05) is 0 Å². The molecule has 0 aromatic heterocycles. The van der Waals surface area contributed by atoms with Crippen molar-refractivity contribution >= 4 is 0 Å². The Hall–Kier alpha value is -0.800. The first-order chi connectivity index (χ1) is 2.50. The summed E-state index contributed by atoms with van der Waals surface area (Å²) in [7, 11) is 0. The van der Waals surface area contributed by atoms with E-state index in [1.54, 1.807) is 0 Å². The summed E-state index contributed by atoms with van der Waals surface area (Å²) in [5, 5.41) is 12.5. The Kier molecular flexibility index (Phi) is 0.428. The fraction of sp³-hybridized carbons (Fsp3) is 1.00. The Morgan fingerprint density at radius 3 is 2.80 bits per heavy atom. The van der Waals surface area contributed by atoms with Gasteiger partial charge in [-0.3, -0.25) is 0 Å². The van der Waals surface area contributed by atoms with Crippen molar-refractivity contribution in [2.75, 3.05) is 6.67 Å². The lowest BCUT2D eigenvalue weighted by molar-refractivity contribution is -0.520. The summed E-state index contributed by atoms with van der Waals surface area (Å²) in [5.41, 5.74) is 0. The molecule has 0 saturated heterocycles. The van der Waals surface area contributed by atoms with Crippen LogP contribution in [0.4, 0.5) is 0 Å². The zero-order chi connectivity index (χ0) is 3.54. The molecule has 1 N–H and O–H groups in total. The van der Waals surface area contributed by atoms with Gasteiger partial charge in [-0.2, -0.15) is 5.11 Å². The van der Waals surface area contributed by atoms with E-state index in [0.29, 0.717) is 6.67 Å². The molecule has 0 amide bonds. The van der Waals surface area contributed by atoms with Gasteiger partial charge >= 0.3 is 0 Å². The monoisotopic (exact) mass is 71.0 g/mol. The van der Waals surface area contributed by atoms with Crippen LogP contribution in [-0.2, 0) is 0 Å². The van der Waals surface area contributed by atoms with Gasteiger partial charge in [-0.15, -0.1) is 0 Å². The minimum Gasteiger partial charge on any atom is -0.152 e. The van der Waals surface area contributed by atoms with E-state index in [4.69, 9.17) is 0 Å². The highest BCUT2D eigenvalue weighted by Crippen LogP contribution is 1.68. The fourth-order valence-electron chi connectivity index (χ4n) is 0.158. The number of nitrogens with zero attached hydrogens (tertiary/aromatic N) is 3. The molecule has 0 aliphatic carbocycles. The van der Waals surface area contributed by atoms with Crippen molar-refractivity contribution in [2.45, 2.75) is 0 Å². The Morgan fingerprint density at radius 2 is 2.60 bits per heavy atom. The zero-order valence-electron chi connectivity index (χ0n) is 2.55. The van der Waals surface area contributed by atoms with E-state index < -0.39 is 0 Å². The summed E-state index contributed by atoms with van der Waals surface area (Å²) in [6.45, 7) is 0.542. The lowest BCUT2D eigenvalue weighted by Crippen LogP contribution is -2.62. The SMILES string of the molecule is C1N=NN=[NH+]1. The molecule has 0 radical (unpaired) electrons. The molecule has 5 heavy (non-hydrogen) atoms. The lowest BCUT2D eigenvalue weighted by atomic mass is 11.2. The number of hydrogen-bond acceptors (Lipinski definition) is 3. The van der Waals surface area contributed by atoms with Crippen molar-refractivity contribution in [3.05, 3.63) is 0 Å². The van der Waals surface area contributed by atoms with E-state index in [0.717, 1.165) is 0 Å². The normalized spacial score (nSPS) is 17.6. The maximum absolute atomic E-state index is 3.43. The van der Waals surface area contributed by atoms with Gasteiger partial charge in [0.25, 0.3) is 0 Å². The van der Waals surface area contributed by atoms with Crippen LogP contribution in [0.3, 0.4) is 0 Å². The molecular formula is CH3N4+. The average Bonchev–Trinajstić information content (AvgIpc) is 1.76. The molecule has 0 aromatic rings. The van der Waals surface area contributed by atoms with Gasteiger partial charge in [-0.25, -0.2) is 0 Å². The number of nitrogens with one attached hydrogen (secondary N) is 1. The molecule has 1 rings (SSSR count). The van der Waals surface area contributed by atoms with Crippen LogP contribution in [0, 0.1) is 0 Å². The summed E-state index contributed by atoms with van der Waals surface area (Å²) >= 11 is 0. The average molecular weight is 71.1 g/mol. The summed E-state index contributed by atoms with van der Waals surface area (Å²) in [6.07, 6.45) is 0. The van der Waals surface area contributed by atoms with Gasteiger partial charge in [0.2, 0.25) is 11.9 Å². The highest BCUT2D eigenvalue weighted by atomic mass is 15.5. The maximum atomic E-state index is 3.43. The van der Waals surface area contributed by atoms with Crippen LogP contribution in [0.5, 0.6) is 0 Å². The maximum Gasteiger partial charge on any atom is 0.240 e. The first-order valence-electron chi connectivity index (χ1n) is 1.29. The van der Waals surface area contributed by atoms with Crippen LogP contribution in [0.15, 0.2) is 15.6 Å². The number of hydrogen-bond donors (Lipinski definition) is 1. The van der Waals surface area contributed by atoms with Crippen LogP contribution in [0.1, 0.15) is 0 Å². The largest absolute Gasteiger partial charge is 0.240 e. The Labute approximate surface area is 28.6 Å². The zero-order valence-corrected chi connectivity index (χ0v) is 2.55. The third-order valence-electron chi connectivity index (χ3n) is 0.320. The van der Waals surface area contributed by atoms with Gasteiger partial charge in [0.05, 0.1) is 0 Å². The van der Waals surface area contributed by atoms with Gasteiger partial charge in [-0.05, 0) is 5.11 Å². The van der Waals surface area contributed by atoms with E-state index in [2.05, 4.69) is 20.7 Å². The van der Waals surface area contributed by atoms with Crippen molar-refractivity contribution < 1.29 is 5.11 Å². The molecule has 0 saturated carbocycles. The summed E-state index contributed by atoms with van der Waals surface area (Å²) in [6, 6.07) is 0. The molecule has 0 unspecified atom stereocenters. The Morgan fingerprint density at radius 1 is 1.60 bits per heavy atom. The second-order valence-corrected chi connectivity index (χ2v) is 0.647. The van der Waals surface area contributed by atoms with Crippen LogP contribution in [0.2, 0.25) is 0 Å². The third-order valence-corrected chi connectivity index (χ3v) is 0.320. The minimum atomic E-state index is 0.542. The molecule has 0 aromatic carbocycles. The first-order valence-corrected chi connectivity index (χ1v) is 1.29. The minimum absolute atomic E-state index is 0.542. The van der Waals surface area contributed by atoms with Gasteiger partial charge in [0.15, 0.2) is 5.22 Å². The molecule has 4 heteroatoms. The highest BCUT2D eigenvalue weighted by molar-refractivity contribution is 4.07. The van der Waals surface area contributed by atoms with Crippen molar-refractivity contribution in [1.29, 1.82) is 0 Å². The summed E-state index contributed by atoms with van der Waals surface area (Å²) in [4.78, 5) is 0. The van der Waals surface area contributed by atoms with Gasteiger partial charge in [-0.1, -0.05) is 0 Å². The Balaban J connectivity index is 2.61. The lowest BCUT2D eigenvalue weighted by Gasteiger charge is -1.46. The molecule has 4 nitrogen and oxygen atoms in total. The molecule has 1 aliphatic rings. The molecule has 26 valence electrons. The number of rotatable bonds is 0. The molecule has 0 atom stereocenters. The molecule has 0 bridgehead atoms. The predicted octanol–water partition coefficient (Wildman–Crippen LogP) is -1.14. The molecule has 0 spiro atoms.